The van der Waals surface area contributed by atoms with Crippen molar-refractivity contribution < 1.29 is 33.8 Å². The van der Waals surface area contributed by atoms with E-state index in [0.29, 0.717) is 17.8 Å². The van der Waals surface area contributed by atoms with Crippen molar-refractivity contribution in [1.82, 2.24) is 0 Å². The van der Waals surface area contributed by atoms with Gasteiger partial charge in [0, 0.05) is 16.7 Å². The zero-order valence-corrected chi connectivity index (χ0v) is 15.8. The van der Waals surface area contributed by atoms with Crippen LogP contribution in [0.3, 0.4) is 0 Å². The van der Waals surface area contributed by atoms with E-state index in [-0.39, 0.29) is 24.7 Å². The molecular formula is C18H27NO7. The number of hydrogen-bond acceptors (Lipinski definition) is 7. The van der Waals surface area contributed by atoms with Gasteiger partial charge < -0.3 is 14.6 Å². The van der Waals surface area contributed by atoms with Crippen LogP contribution in [0.15, 0.2) is 41.4 Å². The first kappa shape index (κ1) is 27.8. The smallest absolute Gasteiger partial charge is 0.333 e. The molecule has 8 nitrogen and oxygen atoms in total. The van der Waals surface area contributed by atoms with E-state index in [9.17, 15) is 19.2 Å². The molecule has 146 valence electrons. The summed E-state index contributed by atoms with van der Waals surface area (Å²) in [5.41, 5.74) is 0.971. The third-order valence-electron chi connectivity index (χ3n) is 2.00. The molecule has 0 spiro atoms. The Hall–Kier alpha value is -2.99. The van der Waals surface area contributed by atoms with Gasteiger partial charge in [-0.15, -0.1) is 0 Å². The molecule has 0 aliphatic heterocycles. The molecule has 0 aliphatic carbocycles. The summed E-state index contributed by atoms with van der Waals surface area (Å²) in [7, 11) is 0. The van der Waals surface area contributed by atoms with Gasteiger partial charge in [-0.1, -0.05) is 26.7 Å². The van der Waals surface area contributed by atoms with Gasteiger partial charge in [0.05, 0.1) is 13.2 Å². The highest BCUT2D eigenvalue weighted by Crippen LogP contribution is 1.92. The minimum atomic E-state index is -0.935. The Balaban J connectivity index is -0.000000319. The highest BCUT2D eigenvalue weighted by atomic mass is 16.5. The second kappa shape index (κ2) is 18.4. The first-order chi connectivity index (χ1) is 12.0. The van der Waals surface area contributed by atoms with Crippen molar-refractivity contribution in [2.75, 3.05) is 19.8 Å². The van der Waals surface area contributed by atoms with Gasteiger partial charge in [0.15, 0.2) is 0 Å². The number of carboxylic acid groups (broad SMARTS) is 1. The summed E-state index contributed by atoms with van der Waals surface area (Å²) in [5, 5.41) is 7.89. The van der Waals surface area contributed by atoms with Gasteiger partial charge in [0.2, 0.25) is 6.08 Å². The maximum Gasteiger partial charge on any atom is 0.333 e. The summed E-state index contributed by atoms with van der Waals surface area (Å²) in [5.74, 6) is -1.70. The minimum absolute atomic E-state index is 0.0981. The van der Waals surface area contributed by atoms with Crippen LogP contribution >= 0.6 is 0 Å². The number of ether oxygens (including phenoxy) is 2. The standard InChI is InChI=1S/C7H9NO3.C7H12O2.C4H6O2/c1-6(2)7(10)11-4-3-8-5-9;1-4-5-9-7(8)6(2)3;1-3(2)4(5)6/h1,3-4H2,2H3;2,4-5H2,1,3H3;1H2,2H3,(H,5,6). The van der Waals surface area contributed by atoms with E-state index in [4.69, 9.17) is 9.84 Å². The summed E-state index contributed by atoms with van der Waals surface area (Å²) in [4.78, 5) is 43.5. The topological polar surface area (TPSA) is 119 Å². The van der Waals surface area contributed by atoms with Crippen LogP contribution in [-0.4, -0.2) is 48.9 Å². The largest absolute Gasteiger partial charge is 0.478 e. The maximum absolute atomic E-state index is 10.6. The van der Waals surface area contributed by atoms with Crippen molar-refractivity contribution in [3.05, 3.63) is 36.5 Å². The number of esters is 2. The molecule has 1 N–H and O–H groups in total. The van der Waals surface area contributed by atoms with Gasteiger partial charge in [-0.2, -0.15) is 0 Å². The van der Waals surface area contributed by atoms with Crippen molar-refractivity contribution in [3.8, 4) is 0 Å². The average molecular weight is 369 g/mol. The van der Waals surface area contributed by atoms with Crippen molar-refractivity contribution in [3.63, 3.8) is 0 Å². The fourth-order valence-corrected chi connectivity index (χ4v) is 0.671. The Morgan fingerprint density at radius 1 is 0.923 bits per heavy atom. The van der Waals surface area contributed by atoms with Crippen LogP contribution in [0.5, 0.6) is 0 Å². The van der Waals surface area contributed by atoms with Gasteiger partial charge in [0.1, 0.15) is 6.61 Å². The first-order valence-electron chi connectivity index (χ1n) is 7.58. The van der Waals surface area contributed by atoms with Gasteiger partial charge in [-0.05, 0) is 27.2 Å². The van der Waals surface area contributed by atoms with Crippen LogP contribution in [0.25, 0.3) is 0 Å². The molecule has 8 heteroatoms. The molecule has 0 unspecified atom stereocenters. The third kappa shape index (κ3) is 23.3. The first-order valence-corrected chi connectivity index (χ1v) is 7.58. The predicted molar refractivity (Wildman–Crippen MR) is 97.3 cm³/mol. The molecule has 0 aromatic rings. The molecule has 0 rings (SSSR count). The molecule has 0 saturated carbocycles. The lowest BCUT2D eigenvalue weighted by Gasteiger charge is -1.99. The van der Waals surface area contributed by atoms with E-state index in [1.54, 1.807) is 13.8 Å². The molecule has 0 atom stereocenters. The number of aliphatic imine (C=N–C) groups is 1. The fraction of sp³-hybridized carbons (Fsp3) is 0.444. The van der Waals surface area contributed by atoms with E-state index < -0.39 is 11.9 Å². The van der Waals surface area contributed by atoms with Crippen LogP contribution in [0.4, 0.5) is 0 Å². The highest BCUT2D eigenvalue weighted by Gasteiger charge is 2.00. The molecule has 0 aromatic carbocycles. The number of carboxylic acids is 1. The van der Waals surface area contributed by atoms with Crippen LogP contribution < -0.4 is 0 Å². The number of hydrogen-bond donors (Lipinski definition) is 1. The van der Waals surface area contributed by atoms with Crippen molar-refractivity contribution in [2.24, 2.45) is 4.99 Å². The van der Waals surface area contributed by atoms with Gasteiger partial charge >= 0.3 is 17.9 Å². The Labute approximate surface area is 153 Å². The summed E-state index contributed by atoms with van der Waals surface area (Å²) in [6, 6.07) is 0. The Morgan fingerprint density at radius 3 is 1.58 bits per heavy atom. The molecule has 0 aromatic heterocycles. The summed E-state index contributed by atoms with van der Waals surface area (Å²) >= 11 is 0. The molecule has 0 bridgehead atoms. The molecule has 0 amide bonds. The Bertz CT molecular complexity index is 546. The normalized spacial score (nSPS) is 8.15. The maximum atomic E-state index is 10.6. The van der Waals surface area contributed by atoms with Crippen LogP contribution in [-0.2, 0) is 28.7 Å². The fourth-order valence-electron chi connectivity index (χ4n) is 0.671. The zero-order chi connectivity index (χ0) is 21.1. The number of carbonyl (C=O) groups is 3. The van der Waals surface area contributed by atoms with E-state index >= 15 is 0 Å². The van der Waals surface area contributed by atoms with Crippen LogP contribution in [0.1, 0.15) is 34.1 Å². The van der Waals surface area contributed by atoms with E-state index in [0.717, 1.165) is 6.42 Å². The number of aliphatic carboxylic acids is 1. The van der Waals surface area contributed by atoms with Gasteiger partial charge in [-0.3, -0.25) is 0 Å². The lowest BCUT2D eigenvalue weighted by Crippen LogP contribution is -2.07. The zero-order valence-electron chi connectivity index (χ0n) is 15.8. The second-order valence-electron chi connectivity index (χ2n) is 4.89. The van der Waals surface area contributed by atoms with E-state index in [1.165, 1.54) is 13.0 Å². The Morgan fingerprint density at radius 2 is 1.31 bits per heavy atom. The summed E-state index contributed by atoms with van der Waals surface area (Å²) in [6.07, 6.45) is 2.19. The average Bonchev–Trinajstić information content (AvgIpc) is 2.57. The van der Waals surface area contributed by atoms with Crippen molar-refractivity contribution in [2.45, 2.75) is 34.1 Å². The van der Waals surface area contributed by atoms with Crippen LogP contribution in [0.2, 0.25) is 0 Å². The lowest BCUT2D eigenvalue weighted by molar-refractivity contribution is -0.139. The molecule has 26 heavy (non-hydrogen) atoms. The quantitative estimate of drug-likeness (QED) is 0.229. The van der Waals surface area contributed by atoms with Crippen molar-refractivity contribution in [1.29, 1.82) is 0 Å². The van der Waals surface area contributed by atoms with E-state index in [2.05, 4.69) is 29.5 Å². The van der Waals surface area contributed by atoms with Gasteiger partial charge in [-0.25, -0.2) is 24.2 Å². The van der Waals surface area contributed by atoms with Crippen molar-refractivity contribution >= 4 is 24.0 Å². The highest BCUT2D eigenvalue weighted by molar-refractivity contribution is 5.87. The Kier molecular flexibility index (Phi) is 19.6. The molecule has 0 aliphatic rings. The third-order valence-corrected chi connectivity index (χ3v) is 2.00. The molecule has 0 radical (unpaired) electrons. The van der Waals surface area contributed by atoms with E-state index in [1.807, 2.05) is 6.92 Å². The summed E-state index contributed by atoms with van der Waals surface area (Å²) in [6.45, 7) is 17.3. The second-order valence-corrected chi connectivity index (χ2v) is 4.89. The summed E-state index contributed by atoms with van der Waals surface area (Å²) < 4.78 is 9.31. The monoisotopic (exact) mass is 369 g/mol. The SMILES string of the molecule is C=C(C)C(=O)O.C=C(C)C(=O)OCCC.C=C(C)C(=O)OCCN=C=O. The molecule has 0 saturated heterocycles. The minimum Gasteiger partial charge on any atom is -0.478 e. The molecule has 0 fully saturated rings. The predicted octanol–water partition coefficient (Wildman–Crippen LogP) is 2.60. The number of isocyanates is 1. The number of carbonyl (C=O) groups excluding carboxylic acids is 3. The molecule has 0 heterocycles. The lowest BCUT2D eigenvalue weighted by atomic mass is 10.4. The number of nitrogens with zero attached hydrogens (tertiary/aromatic N) is 1. The number of rotatable bonds is 8. The van der Waals surface area contributed by atoms with Gasteiger partial charge in [0.25, 0.3) is 0 Å². The van der Waals surface area contributed by atoms with Crippen LogP contribution in [0, 0.1) is 0 Å². The molecular weight excluding hydrogens is 342 g/mol.